The first-order valence-electron chi connectivity index (χ1n) is 9.29. The second kappa shape index (κ2) is 11.3. The minimum absolute atomic E-state index is 0.00758. The van der Waals surface area contributed by atoms with E-state index < -0.39 is 12.0 Å². The molecule has 2 aromatic rings. The number of nitrogens with two attached hydrogens (primary N) is 1. The summed E-state index contributed by atoms with van der Waals surface area (Å²) in [5.41, 5.74) is 5.99. The van der Waals surface area contributed by atoms with Crippen LogP contribution in [0.1, 0.15) is 28.9 Å². The van der Waals surface area contributed by atoms with Crippen molar-refractivity contribution in [1.82, 2.24) is 5.32 Å². The van der Waals surface area contributed by atoms with Gasteiger partial charge in [0.25, 0.3) is 5.91 Å². The minimum atomic E-state index is -0.725. The summed E-state index contributed by atoms with van der Waals surface area (Å²) >= 11 is 0. The van der Waals surface area contributed by atoms with Gasteiger partial charge in [0.2, 0.25) is 0 Å². The van der Waals surface area contributed by atoms with E-state index in [1.165, 1.54) is 12.1 Å². The number of aliphatic hydroxyl groups excluding tert-OH is 1. The fourth-order valence-corrected chi connectivity index (χ4v) is 2.54. The Bertz CT molecular complexity index is 781. The van der Waals surface area contributed by atoms with Gasteiger partial charge in [-0.15, -0.1) is 0 Å². The van der Waals surface area contributed by atoms with Crippen LogP contribution in [-0.2, 0) is 4.74 Å². The SMILES string of the molecule is COCCOc1ccc(C(O)CNC(C)COc2ccc(O)c(C(N)=O)c2)cc1. The zero-order valence-corrected chi connectivity index (χ0v) is 16.6. The van der Waals surface area contributed by atoms with Crippen LogP contribution >= 0.6 is 0 Å². The number of aliphatic hydroxyl groups is 1. The van der Waals surface area contributed by atoms with Crippen LogP contribution in [0.15, 0.2) is 42.5 Å². The fourth-order valence-electron chi connectivity index (χ4n) is 2.54. The highest BCUT2D eigenvalue weighted by Gasteiger charge is 2.12. The molecule has 0 fully saturated rings. The molecular formula is C21H28N2O6. The molecule has 0 aliphatic carbocycles. The third-order valence-electron chi connectivity index (χ3n) is 4.21. The number of phenols is 1. The minimum Gasteiger partial charge on any atom is -0.507 e. The van der Waals surface area contributed by atoms with Crippen molar-refractivity contribution in [1.29, 1.82) is 0 Å². The molecule has 0 spiro atoms. The van der Waals surface area contributed by atoms with Crippen molar-refractivity contribution in [2.75, 3.05) is 33.5 Å². The highest BCUT2D eigenvalue weighted by molar-refractivity contribution is 5.95. The summed E-state index contributed by atoms with van der Waals surface area (Å²) in [6.45, 7) is 3.55. The second-order valence-corrected chi connectivity index (χ2v) is 6.59. The van der Waals surface area contributed by atoms with E-state index in [2.05, 4.69) is 5.32 Å². The number of amides is 1. The quantitative estimate of drug-likeness (QED) is 0.396. The number of benzene rings is 2. The maximum absolute atomic E-state index is 11.3. The molecular weight excluding hydrogens is 376 g/mol. The number of carbonyl (C=O) groups excluding carboxylic acids is 1. The summed E-state index contributed by atoms with van der Waals surface area (Å²) in [6.07, 6.45) is -0.680. The lowest BCUT2D eigenvalue weighted by Gasteiger charge is -2.18. The Morgan fingerprint density at radius 2 is 1.79 bits per heavy atom. The molecule has 2 aromatic carbocycles. The Labute approximate surface area is 170 Å². The lowest BCUT2D eigenvalue weighted by atomic mass is 10.1. The van der Waals surface area contributed by atoms with Crippen molar-refractivity contribution in [3.8, 4) is 17.2 Å². The summed E-state index contributed by atoms with van der Waals surface area (Å²) in [5.74, 6) is 0.235. The fraction of sp³-hybridized carbons (Fsp3) is 0.381. The van der Waals surface area contributed by atoms with Crippen molar-refractivity contribution in [3.63, 3.8) is 0 Å². The van der Waals surface area contributed by atoms with Gasteiger partial charge in [-0.3, -0.25) is 4.79 Å². The van der Waals surface area contributed by atoms with Crippen LogP contribution in [-0.4, -0.2) is 55.6 Å². The largest absolute Gasteiger partial charge is 0.507 e. The molecule has 2 atom stereocenters. The predicted molar refractivity (Wildman–Crippen MR) is 108 cm³/mol. The Kier molecular flexibility index (Phi) is 8.72. The molecule has 0 saturated heterocycles. The van der Waals surface area contributed by atoms with Crippen LogP contribution in [0.25, 0.3) is 0 Å². The van der Waals surface area contributed by atoms with Crippen molar-refractivity contribution in [3.05, 3.63) is 53.6 Å². The normalized spacial score (nSPS) is 12.9. The predicted octanol–water partition coefficient (Wildman–Crippen LogP) is 1.61. The number of hydrogen-bond donors (Lipinski definition) is 4. The number of ether oxygens (including phenoxy) is 3. The van der Waals surface area contributed by atoms with Crippen LogP contribution in [0.3, 0.4) is 0 Å². The first-order valence-corrected chi connectivity index (χ1v) is 9.29. The van der Waals surface area contributed by atoms with Crippen molar-refractivity contribution in [2.45, 2.75) is 19.1 Å². The zero-order valence-electron chi connectivity index (χ0n) is 16.6. The summed E-state index contributed by atoms with van der Waals surface area (Å²) in [6, 6.07) is 11.5. The van der Waals surface area contributed by atoms with E-state index in [9.17, 15) is 15.0 Å². The van der Waals surface area contributed by atoms with Crippen LogP contribution in [0.4, 0.5) is 0 Å². The number of nitrogens with one attached hydrogen (secondary N) is 1. The van der Waals surface area contributed by atoms with Crippen molar-refractivity contribution < 1.29 is 29.2 Å². The van der Waals surface area contributed by atoms with E-state index in [0.29, 0.717) is 32.1 Å². The van der Waals surface area contributed by atoms with Crippen LogP contribution in [0.2, 0.25) is 0 Å². The molecule has 0 heterocycles. The molecule has 8 heteroatoms. The third kappa shape index (κ3) is 7.26. The number of rotatable bonds is 12. The van der Waals surface area contributed by atoms with Gasteiger partial charge in [0.15, 0.2) is 0 Å². The maximum Gasteiger partial charge on any atom is 0.252 e. The van der Waals surface area contributed by atoms with Crippen molar-refractivity contribution >= 4 is 5.91 Å². The number of primary amides is 1. The summed E-state index contributed by atoms with van der Waals surface area (Å²) < 4.78 is 16.1. The monoisotopic (exact) mass is 404 g/mol. The van der Waals surface area contributed by atoms with Gasteiger partial charge in [0.1, 0.15) is 30.5 Å². The molecule has 5 N–H and O–H groups in total. The van der Waals surface area contributed by atoms with Crippen LogP contribution in [0, 0.1) is 0 Å². The lowest BCUT2D eigenvalue weighted by Crippen LogP contribution is -2.34. The highest BCUT2D eigenvalue weighted by atomic mass is 16.5. The number of methoxy groups -OCH3 is 1. The molecule has 2 unspecified atom stereocenters. The molecule has 0 aliphatic rings. The van der Waals surface area contributed by atoms with E-state index >= 15 is 0 Å². The number of aromatic hydroxyl groups is 1. The van der Waals surface area contributed by atoms with Gasteiger partial charge < -0.3 is 35.5 Å². The molecule has 158 valence electrons. The third-order valence-corrected chi connectivity index (χ3v) is 4.21. The smallest absolute Gasteiger partial charge is 0.252 e. The van der Waals surface area contributed by atoms with Crippen LogP contribution < -0.4 is 20.5 Å². The molecule has 0 aliphatic heterocycles. The lowest BCUT2D eigenvalue weighted by molar-refractivity contribution is 0.0997. The molecule has 2 rings (SSSR count). The molecule has 0 radical (unpaired) electrons. The Morgan fingerprint density at radius 3 is 2.45 bits per heavy atom. The summed E-state index contributed by atoms with van der Waals surface area (Å²) in [4.78, 5) is 11.3. The molecule has 29 heavy (non-hydrogen) atoms. The Balaban J connectivity index is 1.77. The first kappa shape index (κ1) is 22.5. The summed E-state index contributed by atoms with van der Waals surface area (Å²) in [5, 5.41) is 23.1. The molecule has 0 saturated carbocycles. The molecule has 0 bridgehead atoms. The standard InChI is InChI=1S/C21H28N2O6/c1-14(13-29-17-7-8-19(24)18(11-17)21(22)26)23-12-20(25)15-3-5-16(6-4-15)28-10-9-27-2/h3-8,11,14,20,23-25H,9-10,12-13H2,1-2H3,(H2,22,26). The Morgan fingerprint density at radius 1 is 1.10 bits per heavy atom. The number of hydrogen-bond acceptors (Lipinski definition) is 7. The molecule has 1 amide bonds. The van der Waals surface area contributed by atoms with Gasteiger partial charge in [-0.25, -0.2) is 0 Å². The molecule has 0 aromatic heterocycles. The number of carbonyl (C=O) groups is 1. The van der Waals surface area contributed by atoms with E-state index in [4.69, 9.17) is 19.9 Å². The van der Waals surface area contributed by atoms with Crippen LogP contribution in [0.5, 0.6) is 17.2 Å². The topological polar surface area (TPSA) is 123 Å². The average molecular weight is 404 g/mol. The van der Waals surface area contributed by atoms with Gasteiger partial charge in [0, 0.05) is 19.7 Å². The maximum atomic E-state index is 11.3. The molecule has 8 nitrogen and oxygen atoms in total. The van der Waals surface area contributed by atoms with Gasteiger partial charge in [-0.1, -0.05) is 12.1 Å². The van der Waals surface area contributed by atoms with E-state index in [0.717, 1.165) is 11.3 Å². The van der Waals surface area contributed by atoms with Gasteiger partial charge in [-0.05, 0) is 42.8 Å². The highest BCUT2D eigenvalue weighted by Crippen LogP contribution is 2.22. The van der Waals surface area contributed by atoms with Gasteiger partial charge in [-0.2, -0.15) is 0 Å². The second-order valence-electron chi connectivity index (χ2n) is 6.59. The zero-order chi connectivity index (χ0) is 21.2. The van der Waals surface area contributed by atoms with Gasteiger partial charge in [0.05, 0.1) is 18.3 Å². The van der Waals surface area contributed by atoms with Crippen molar-refractivity contribution in [2.24, 2.45) is 5.73 Å². The summed E-state index contributed by atoms with van der Waals surface area (Å²) in [7, 11) is 1.62. The Hall–Kier alpha value is -2.81. The van der Waals surface area contributed by atoms with E-state index in [-0.39, 0.29) is 17.4 Å². The van der Waals surface area contributed by atoms with E-state index in [1.54, 1.807) is 13.2 Å². The first-order chi connectivity index (χ1) is 13.9. The van der Waals surface area contributed by atoms with E-state index in [1.807, 2.05) is 31.2 Å². The van der Waals surface area contributed by atoms with Gasteiger partial charge >= 0.3 is 0 Å². The average Bonchev–Trinajstić information content (AvgIpc) is 2.72.